The van der Waals surface area contributed by atoms with Crippen LogP contribution in [0.1, 0.15) is 27.8 Å². The maximum Gasteiger partial charge on any atom is 0.187 e. The Labute approximate surface area is 360 Å². The van der Waals surface area contributed by atoms with Gasteiger partial charge >= 0.3 is 0 Å². The molecule has 7 rings (SSSR count). The fourth-order valence-electron chi connectivity index (χ4n) is 7.32. The van der Waals surface area contributed by atoms with E-state index in [1.165, 1.54) is 0 Å². The zero-order valence-corrected chi connectivity index (χ0v) is 35.3. The molecule has 2 saturated heterocycles. The number of aliphatic hydroxyl groups excluding tert-OH is 1. The largest absolute Gasteiger partial charge is 0.388 e. The Kier molecular flexibility index (Phi) is 16.9. The molecule has 0 aliphatic carbocycles. The van der Waals surface area contributed by atoms with Crippen molar-refractivity contribution in [2.45, 2.75) is 94.4 Å². The third kappa shape index (κ3) is 12.3. The Hall–Kier alpha value is -3.57. The summed E-state index contributed by atoms with van der Waals surface area (Å²) in [5, 5.41) is 11.8. The molecule has 59 heavy (non-hydrogen) atoms. The molecular formula is C48H53IO10. The molecule has 2 aliphatic rings. The SMILES string of the molecule is CO[C@@H]1O[C@H](COCc2ccccc2)[C@@H](O[C@H]2O[C@H](CI)[C@@H](O)[C@H](OCc3ccccc3)[C@H]2OCc2ccccc2)[C@H](OCc2ccccc2)[C@H]1OCc1ccccc1. The van der Waals surface area contributed by atoms with Crippen LogP contribution in [0, 0.1) is 0 Å². The van der Waals surface area contributed by atoms with E-state index in [1.54, 1.807) is 7.11 Å². The van der Waals surface area contributed by atoms with Gasteiger partial charge in [-0.25, -0.2) is 0 Å². The van der Waals surface area contributed by atoms with Crippen LogP contribution in [0.4, 0.5) is 0 Å². The maximum atomic E-state index is 11.8. The Balaban J connectivity index is 1.23. The van der Waals surface area contributed by atoms with E-state index in [4.69, 9.17) is 42.6 Å². The summed E-state index contributed by atoms with van der Waals surface area (Å²) in [4.78, 5) is 0. The van der Waals surface area contributed by atoms with Crippen LogP contribution >= 0.6 is 22.6 Å². The number of methoxy groups -OCH3 is 1. The van der Waals surface area contributed by atoms with Gasteiger partial charge in [0, 0.05) is 11.5 Å². The van der Waals surface area contributed by atoms with E-state index in [9.17, 15) is 5.11 Å². The predicted molar refractivity (Wildman–Crippen MR) is 230 cm³/mol. The fraction of sp³-hybridized carbons (Fsp3) is 0.375. The van der Waals surface area contributed by atoms with E-state index >= 15 is 0 Å². The Morgan fingerprint density at radius 2 is 0.831 bits per heavy atom. The molecule has 5 aromatic rings. The highest BCUT2D eigenvalue weighted by atomic mass is 127. The normalized spacial score (nSPS) is 27.0. The molecule has 5 aromatic carbocycles. The molecule has 2 fully saturated rings. The van der Waals surface area contributed by atoms with Crippen LogP contribution in [0.15, 0.2) is 152 Å². The lowest BCUT2D eigenvalue weighted by Gasteiger charge is -2.49. The third-order valence-corrected chi connectivity index (χ3v) is 11.3. The monoisotopic (exact) mass is 916 g/mol. The molecular weight excluding hydrogens is 863 g/mol. The molecule has 11 heteroatoms. The first kappa shape index (κ1) is 43.5. The van der Waals surface area contributed by atoms with Crippen molar-refractivity contribution in [3.8, 4) is 0 Å². The Bertz CT molecular complexity index is 1890. The quantitative estimate of drug-likeness (QED) is 0.0615. The number of aliphatic hydroxyl groups is 1. The Morgan fingerprint density at radius 1 is 0.458 bits per heavy atom. The number of alkyl halides is 1. The molecule has 0 amide bonds. The Morgan fingerprint density at radius 3 is 1.25 bits per heavy atom. The van der Waals surface area contributed by atoms with Crippen LogP contribution in [-0.2, 0) is 75.7 Å². The van der Waals surface area contributed by atoms with Gasteiger partial charge in [-0.1, -0.05) is 174 Å². The smallest absolute Gasteiger partial charge is 0.187 e. The third-order valence-electron chi connectivity index (χ3n) is 10.4. The van der Waals surface area contributed by atoms with E-state index < -0.39 is 61.4 Å². The summed E-state index contributed by atoms with van der Waals surface area (Å²) in [5.74, 6) is 0. The van der Waals surface area contributed by atoms with E-state index in [1.807, 2.05) is 152 Å². The van der Waals surface area contributed by atoms with Crippen LogP contribution in [0.25, 0.3) is 0 Å². The van der Waals surface area contributed by atoms with Gasteiger partial charge in [0.2, 0.25) is 0 Å². The van der Waals surface area contributed by atoms with E-state index in [2.05, 4.69) is 22.6 Å². The van der Waals surface area contributed by atoms with Gasteiger partial charge in [0.25, 0.3) is 0 Å². The highest BCUT2D eigenvalue weighted by Gasteiger charge is 2.53. The van der Waals surface area contributed by atoms with E-state index in [0.29, 0.717) is 11.0 Å². The average molecular weight is 917 g/mol. The van der Waals surface area contributed by atoms with E-state index in [-0.39, 0.29) is 33.0 Å². The minimum Gasteiger partial charge on any atom is -0.388 e. The lowest BCUT2D eigenvalue weighted by Crippen LogP contribution is -2.66. The number of ether oxygens (including phenoxy) is 9. The lowest BCUT2D eigenvalue weighted by atomic mass is 9.96. The molecule has 1 N–H and O–H groups in total. The van der Waals surface area contributed by atoms with Crippen LogP contribution < -0.4 is 0 Å². The molecule has 0 unspecified atom stereocenters. The molecule has 0 bridgehead atoms. The zero-order valence-electron chi connectivity index (χ0n) is 33.2. The van der Waals surface area contributed by atoms with Crippen molar-refractivity contribution in [3.63, 3.8) is 0 Å². The minimum absolute atomic E-state index is 0.143. The summed E-state index contributed by atoms with van der Waals surface area (Å²) in [6.07, 6.45) is -8.16. The summed E-state index contributed by atoms with van der Waals surface area (Å²) in [7, 11) is 1.60. The molecule has 0 radical (unpaired) electrons. The maximum absolute atomic E-state index is 11.8. The van der Waals surface area contributed by atoms with Crippen molar-refractivity contribution in [2.24, 2.45) is 0 Å². The van der Waals surface area contributed by atoms with Crippen molar-refractivity contribution >= 4 is 22.6 Å². The van der Waals surface area contributed by atoms with Crippen molar-refractivity contribution in [1.82, 2.24) is 0 Å². The minimum atomic E-state index is -1.02. The van der Waals surface area contributed by atoms with Gasteiger partial charge in [0.15, 0.2) is 12.6 Å². The van der Waals surface area contributed by atoms with Gasteiger partial charge in [0.05, 0.1) is 45.7 Å². The molecule has 0 saturated carbocycles. The van der Waals surface area contributed by atoms with Gasteiger partial charge in [-0.2, -0.15) is 0 Å². The molecule has 0 aromatic heterocycles. The van der Waals surface area contributed by atoms with Crippen LogP contribution in [0.5, 0.6) is 0 Å². The second-order valence-electron chi connectivity index (χ2n) is 14.6. The summed E-state index contributed by atoms with van der Waals surface area (Å²) < 4.78 is 60.3. The second kappa shape index (κ2) is 22.9. The van der Waals surface area contributed by atoms with E-state index in [0.717, 1.165) is 27.8 Å². The standard InChI is InChI=1S/C48H53IO10/c1-51-47-46(56-32-38-25-15-6-16-26-38)44(54-30-36-21-11-4-12-22-36)42(40(58-47)33-52-28-34-17-7-2-8-18-34)59-48-45(55-31-37-23-13-5-14-24-37)43(41(50)39(27-49)57-48)53-29-35-19-9-3-10-20-35/h2-26,39-48,50H,27-33H2,1H3/t39-,40-,41-,42-,43+,44+,45-,46-,47-,48-/m1/s1. The number of benzene rings is 5. The molecule has 2 heterocycles. The molecule has 0 spiro atoms. The molecule has 10 nitrogen and oxygen atoms in total. The highest BCUT2D eigenvalue weighted by Crippen LogP contribution is 2.36. The molecule has 312 valence electrons. The van der Waals surface area contributed by atoms with Crippen LogP contribution in [0.3, 0.4) is 0 Å². The number of hydrogen-bond donors (Lipinski definition) is 1. The lowest BCUT2D eigenvalue weighted by molar-refractivity contribution is -0.370. The van der Waals surface area contributed by atoms with Gasteiger partial charge in [0.1, 0.15) is 42.7 Å². The van der Waals surface area contributed by atoms with Crippen LogP contribution in [-0.4, -0.2) is 84.7 Å². The first-order valence-corrected chi connectivity index (χ1v) is 21.6. The number of rotatable bonds is 20. The summed E-state index contributed by atoms with van der Waals surface area (Å²) in [5.41, 5.74) is 4.90. The highest BCUT2D eigenvalue weighted by molar-refractivity contribution is 14.1. The fourth-order valence-corrected chi connectivity index (χ4v) is 8.04. The van der Waals surface area contributed by atoms with Crippen LogP contribution in [0.2, 0.25) is 0 Å². The van der Waals surface area contributed by atoms with Gasteiger partial charge < -0.3 is 47.7 Å². The van der Waals surface area contributed by atoms with Crippen molar-refractivity contribution in [3.05, 3.63) is 179 Å². The van der Waals surface area contributed by atoms with Crippen molar-refractivity contribution < 1.29 is 47.7 Å². The summed E-state index contributed by atoms with van der Waals surface area (Å²) in [6.45, 7) is 1.53. The molecule has 2 aliphatic heterocycles. The summed E-state index contributed by atoms with van der Waals surface area (Å²) in [6, 6.07) is 49.6. The van der Waals surface area contributed by atoms with Crippen molar-refractivity contribution in [2.75, 3.05) is 18.1 Å². The number of halogens is 1. The average Bonchev–Trinajstić information content (AvgIpc) is 3.29. The van der Waals surface area contributed by atoms with Gasteiger partial charge in [-0.05, 0) is 27.8 Å². The van der Waals surface area contributed by atoms with Gasteiger partial charge in [-0.15, -0.1) is 0 Å². The zero-order chi connectivity index (χ0) is 40.7. The molecule has 10 atom stereocenters. The topological polar surface area (TPSA) is 103 Å². The van der Waals surface area contributed by atoms with Crippen molar-refractivity contribution in [1.29, 1.82) is 0 Å². The number of hydrogen-bond acceptors (Lipinski definition) is 10. The second-order valence-corrected chi connectivity index (χ2v) is 15.5. The summed E-state index contributed by atoms with van der Waals surface area (Å²) >= 11 is 2.23. The predicted octanol–water partition coefficient (Wildman–Crippen LogP) is 7.82. The van der Waals surface area contributed by atoms with Gasteiger partial charge in [-0.3, -0.25) is 0 Å². The first-order chi connectivity index (χ1) is 29.1. The first-order valence-electron chi connectivity index (χ1n) is 20.1.